The van der Waals surface area contributed by atoms with E-state index in [1.54, 1.807) is 41.3 Å². The third kappa shape index (κ3) is 6.03. The first-order valence-electron chi connectivity index (χ1n) is 8.31. The molecule has 1 aliphatic rings. The standard InChI is InChI=1S/C19H25N3O2.ClH/c1-3-13-22(14-4-2)19(24)15-8-10-16(11-9-15)21-18(23)17-7-5-6-12-20-17;/h3-4,8-11,17,20H,1-2,5-7,12-14H2,(H,21,23);1H. The molecule has 0 aliphatic carbocycles. The highest BCUT2D eigenvalue weighted by Gasteiger charge is 2.20. The van der Waals surface area contributed by atoms with E-state index >= 15 is 0 Å². The molecule has 1 saturated heterocycles. The van der Waals surface area contributed by atoms with Gasteiger partial charge in [-0.3, -0.25) is 9.59 Å². The van der Waals surface area contributed by atoms with Gasteiger partial charge in [0.1, 0.15) is 0 Å². The summed E-state index contributed by atoms with van der Waals surface area (Å²) in [5.41, 5.74) is 1.27. The molecule has 0 aromatic heterocycles. The number of piperidine rings is 1. The lowest BCUT2D eigenvalue weighted by molar-refractivity contribution is -0.118. The predicted octanol–water partition coefficient (Wildman–Crippen LogP) is 3.00. The molecule has 1 aliphatic heterocycles. The first kappa shape index (κ1) is 20.9. The zero-order chi connectivity index (χ0) is 17.4. The molecule has 136 valence electrons. The summed E-state index contributed by atoms with van der Waals surface area (Å²) in [5, 5.41) is 6.12. The Hall–Kier alpha value is -2.11. The lowest BCUT2D eigenvalue weighted by Crippen LogP contribution is -2.43. The molecule has 2 N–H and O–H groups in total. The van der Waals surface area contributed by atoms with Crippen LogP contribution < -0.4 is 10.6 Å². The zero-order valence-electron chi connectivity index (χ0n) is 14.4. The Morgan fingerprint density at radius 2 is 1.80 bits per heavy atom. The number of carbonyl (C=O) groups is 2. The molecule has 0 spiro atoms. The van der Waals surface area contributed by atoms with E-state index in [0.717, 1.165) is 25.8 Å². The number of nitrogens with one attached hydrogen (secondary N) is 2. The molecular formula is C19H26ClN3O2. The van der Waals surface area contributed by atoms with Crippen LogP contribution in [0.25, 0.3) is 0 Å². The van der Waals surface area contributed by atoms with E-state index in [4.69, 9.17) is 0 Å². The van der Waals surface area contributed by atoms with Crippen LogP contribution in [0.3, 0.4) is 0 Å². The maximum absolute atomic E-state index is 12.4. The fourth-order valence-electron chi connectivity index (χ4n) is 2.74. The Kier molecular flexibility index (Phi) is 8.95. The van der Waals surface area contributed by atoms with Crippen molar-refractivity contribution in [2.45, 2.75) is 25.3 Å². The summed E-state index contributed by atoms with van der Waals surface area (Å²) in [4.78, 5) is 26.3. The first-order chi connectivity index (χ1) is 11.7. The van der Waals surface area contributed by atoms with Gasteiger partial charge < -0.3 is 15.5 Å². The van der Waals surface area contributed by atoms with Gasteiger partial charge in [0, 0.05) is 24.3 Å². The van der Waals surface area contributed by atoms with E-state index in [9.17, 15) is 9.59 Å². The van der Waals surface area contributed by atoms with Crippen LogP contribution in [0.4, 0.5) is 5.69 Å². The Morgan fingerprint density at radius 3 is 2.32 bits per heavy atom. The van der Waals surface area contributed by atoms with E-state index in [1.165, 1.54) is 0 Å². The minimum Gasteiger partial charge on any atom is -0.331 e. The third-order valence-corrected chi connectivity index (χ3v) is 4.01. The summed E-state index contributed by atoms with van der Waals surface area (Å²) >= 11 is 0. The smallest absolute Gasteiger partial charge is 0.254 e. The summed E-state index contributed by atoms with van der Waals surface area (Å²) in [6.07, 6.45) is 6.42. The van der Waals surface area contributed by atoms with Crippen LogP contribution in [0.5, 0.6) is 0 Å². The largest absolute Gasteiger partial charge is 0.331 e. The van der Waals surface area contributed by atoms with Crippen LogP contribution in [0.15, 0.2) is 49.6 Å². The fraction of sp³-hybridized carbons (Fsp3) is 0.368. The molecule has 0 bridgehead atoms. The van der Waals surface area contributed by atoms with E-state index in [2.05, 4.69) is 23.8 Å². The number of carbonyl (C=O) groups excluding carboxylic acids is 2. The molecule has 1 aromatic carbocycles. The van der Waals surface area contributed by atoms with Crippen molar-refractivity contribution < 1.29 is 9.59 Å². The molecule has 25 heavy (non-hydrogen) atoms. The summed E-state index contributed by atoms with van der Waals surface area (Å²) in [7, 11) is 0. The fourth-order valence-corrected chi connectivity index (χ4v) is 2.74. The van der Waals surface area contributed by atoms with E-state index in [-0.39, 0.29) is 30.3 Å². The van der Waals surface area contributed by atoms with Gasteiger partial charge in [-0.2, -0.15) is 0 Å². The maximum Gasteiger partial charge on any atom is 0.254 e. The Labute approximate surface area is 155 Å². The average Bonchev–Trinajstić information content (AvgIpc) is 2.62. The molecule has 6 heteroatoms. The molecule has 1 fully saturated rings. The summed E-state index contributed by atoms with van der Waals surface area (Å²) in [6.45, 7) is 9.16. The van der Waals surface area contributed by atoms with E-state index in [1.807, 2.05) is 0 Å². The van der Waals surface area contributed by atoms with E-state index < -0.39 is 0 Å². The number of hydrogen-bond acceptors (Lipinski definition) is 3. The average molecular weight is 364 g/mol. The predicted molar refractivity (Wildman–Crippen MR) is 104 cm³/mol. The number of rotatable bonds is 7. The second kappa shape index (κ2) is 10.7. The lowest BCUT2D eigenvalue weighted by atomic mass is 10.0. The summed E-state index contributed by atoms with van der Waals surface area (Å²) in [5.74, 6) is -0.102. The highest BCUT2D eigenvalue weighted by atomic mass is 35.5. The van der Waals surface area contributed by atoms with Crippen LogP contribution in [0.1, 0.15) is 29.6 Å². The molecule has 1 aromatic rings. The molecule has 2 rings (SSSR count). The number of nitrogens with zero attached hydrogens (tertiary/aromatic N) is 1. The van der Waals surface area contributed by atoms with Crippen LogP contribution in [-0.4, -0.2) is 42.4 Å². The van der Waals surface area contributed by atoms with Crippen molar-refractivity contribution in [1.29, 1.82) is 0 Å². The maximum atomic E-state index is 12.4. The van der Waals surface area contributed by atoms with Crippen molar-refractivity contribution in [2.75, 3.05) is 25.0 Å². The highest BCUT2D eigenvalue weighted by Crippen LogP contribution is 2.14. The second-order valence-corrected chi connectivity index (χ2v) is 5.86. The summed E-state index contributed by atoms with van der Waals surface area (Å²) in [6, 6.07) is 6.84. The van der Waals surface area contributed by atoms with Crippen molar-refractivity contribution in [3.63, 3.8) is 0 Å². The normalized spacial score (nSPS) is 16.2. The van der Waals surface area contributed by atoms with Crippen molar-refractivity contribution in [3.05, 3.63) is 55.1 Å². The molecular weight excluding hydrogens is 338 g/mol. The molecule has 1 heterocycles. The number of anilines is 1. The van der Waals surface area contributed by atoms with Gasteiger partial charge in [0.25, 0.3) is 5.91 Å². The summed E-state index contributed by atoms with van der Waals surface area (Å²) < 4.78 is 0. The number of hydrogen-bond donors (Lipinski definition) is 2. The number of amides is 2. The van der Waals surface area contributed by atoms with Crippen LogP contribution in [0, 0.1) is 0 Å². The first-order valence-corrected chi connectivity index (χ1v) is 8.31. The Morgan fingerprint density at radius 1 is 1.16 bits per heavy atom. The topological polar surface area (TPSA) is 61.4 Å². The highest BCUT2D eigenvalue weighted by molar-refractivity contribution is 5.97. The SMILES string of the molecule is C=CCN(CC=C)C(=O)c1ccc(NC(=O)C2CCCCN2)cc1.Cl. The van der Waals surface area contributed by atoms with Crippen molar-refractivity contribution in [3.8, 4) is 0 Å². The van der Waals surface area contributed by atoms with Crippen molar-refractivity contribution in [1.82, 2.24) is 10.2 Å². The van der Waals surface area contributed by atoms with Gasteiger partial charge in [0.15, 0.2) is 0 Å². The molecule has 5 nitrogen and oxygen atoms in total. The monoisotopic (exact) mass is 363 g/mol. The molecule has 1 atom stereocenters. The minimum atomic E-state index is -0.129. The number of halogens is 1. The minimum absolute atomic E-state index is 0. The third-order valence-electron chi connectivity index (χ3n) is 4.01. The Bertz CT molecular complexity index is 585. The van der Waals surface area contributed by atoms with Crippen molar-refractivity contribution in [2.24, 2.45) is 0 Å². The Balaban J connectivity index is 0.00000312. The quantitative estimate of drug-likeness (QED) is 0.732. The van der Waals surface area contributed by atoms with Gasteiger partial charge in [0.05, 0.1) is 6.04 Å². The lowest BCUT2D eigenvalue weighted by Gasteiger charge is -2.22. The van der Waals surface area contributed by atoms with Gasteiger partial charge in [-0.1, -0.05) is 18.6 Å². The van der Waals surface area contributed by atoms with Crippen LogP contribution >= 0.6 is 12.4 Å². The van der Waals surface area contributed by atoms with Crippen LogP contribution in [-0.2, 0) is 4.79 Å². The van der Waals surface area contributed by atoms with Gasteiger partial charge in [-0.05, 0) is 43.7 Å². The van der Waals surface area contributed by atoms with Crippen molar-refractivity contribution >= 4 is 29.9 Å². The van der Waals surface area contributed by atoms with E-state index in [0.29, 0.717) is 24.3 Å². The molecule has 1 unspecified atom stereocenters. The molecule has 0 radical (unpaired) electrons. The zero-order valence-corrected chi connectivity index (χ0v) is 15.2. The van der Waals surface area contributed by atoms with Gasteiger partial charge in [-0.15, -0.1) is 25.6 Å². The van der Waals surface area contributed by atoms with Gasteiger partial charge in [-0.25, -0.2) is 0 Å². The van der Waals surface area contributed by atoms with Crippen LogP contribution in [0.2, 0.25) is 0 Å². The number of benzene rings is 1. The molecule has 2 amide bonds. The molecule has 0 saturated carbocycles. The van der Waals surface area contributed by atoms with Gasteiger partial charge >= 0.3 is 0 Å². The second-order valence-electron chi connectivity index (χ2n) is 5.86. The van der Waals surface area contributed by atoms with Gasteiger partial charge in [0.2, 0.25) is 5.91 Å².